The molecule has 0 bridgehead atoms. The van der Waals surface area contributed by atoms with Gasteiger partial charge in [0.05, 0.1) is 10.0 Å². The lowest BCUT2D eigenvalue weighted by Gasteiger charge is -2.13. The maximum Gasteiger partial charge on any atom is 0.168 e. The van der Waals surface area contributed by atoms with Gasteiger partial charge in [0.1, 0.15) is 18.5 Å². The zero-order valence-electron chi connectivity index (χ0n) is 12.8. The van der Waals surface area contributed by atoms with E-state index in [0.717, 1.165) is 18.1 Å². The SMILES string of the molecule is Oc1ccc(OC[C@H](O)CNCCc2ccc(Cl)c(Cl)c2)cc1F. The summed E-state index contributed by atoms with van der Waals surface area (Å²) in [6.45, 7) is 1.01. The summed E-state index contributed by atoms with van der Waals surface area (Å²) in [4.78, 5) is 0. The first kappa shape index (κ1) is 18.8. The van der Waals surface area contributed by atoms with E-state index in [1.807, 2.05) is 12.1 Å². The molecular formula is C17H18Cl2FNO3. The van der Waals surface area contributed by atoms with Crippen LogP contribution in [0.4, 0.5) is 4.39 Å². The molecule has 0 spiro atoms. The predicted octanol–water partition coefficient (Wildman–Crippen LogP) is 3.41. The lowest BCUT2D eigenvalue weighted by atomic mass is 10.1. The van der Waals surface area contributed by atoms with Crippen molar-refractivity contribution < 1.29 is 19.3 Å². The van der Waals surface area contributed by atoms with Crippen LogP contribution in [-0.4, -0.2) is 36.0 Å². The molecule has 7 heteroatoms. The Labute approximate surface area is 149 Å². The molecule has 0 saturated heterocycles. The molecule has 0 saturated carbocycles. The summed E-state index contributed by atoms with van der Waals surface area (Å²) in [6.07, 6.45) is 0.00357. The van der Waals surface area contributed by atoms with Gasteiger partial charge in [-0.25, -0.2) is 4.39 Å². The van der Waals surface area contributed by atoms with E-state index in [-0.39, 0.29) is 12.4 Å². The number of phenolic OH excluding ortho intramolecular Hbond substituents is 1. The fourth-order valence-corrected chi connectivity index (χ4v) is 2.35. The minimum Gasteiger partial charge on any atom is -0.505 e. The highest BCUT2D eigenvalue weighted by Crippen LogP contribution is 2.23. The smallest absolute Gasteiger partial charge is 0.168 e. The Hall–Kier alpha value is -1.53. The van der Waals surface area contributed by atoms with Crippen LogP contribution in [0.15, 0.2) is 36.4 Å². The van der Waals surface area contributed by atoms with Gasteiger partial charge in [-0.15, -0.1) is 0 Å². The Morgan fingerprint density at radius 1 is 1.12 bits per heavy atom. The lowest BCUT2D eigenvalue weighted by Crippen LogP contribution is -2.32. The monoisotopic (exact) mass is 373 g/mol. The van der Waals surface area contributed by atoms with Crippen molar-refractivity contribution >= 4 is 23.2 Å². The van der Waals surface area contributed by atoms with Crippen molar-refractivity contribution in [1.82, 2.24) is 5.32 Å². The van der Waals surface area contributed by atoms with Crippen LogP contribution < -0.4 is 10.1 Å². The lowest BCUT2D eigenvalue weighted by molar-refractivity contribution is 0.106. The second kappa shape index (κ2) is 9.08. The van der Waals surface area contributed by atoms with E-state index in [0.29, 0.717) is 23.1 Å². The Bertz CT molecular complexity index is 685. The second-order valence-corrected chi connectivity index (χ2v) is 6.10. The third-order valence-electron chi connectivity index (χ3n) is 3.32. The third kappa shape index (κ3) is 5.83. The number of halogens is 3. The zero-order chi connectivity index (χ0) is 17.5. The van der Waals surface area contributed by atoms with Crippen LogP contribution in [0.25, 0.3) is 0 Å². The molecule has 4 nitrogen and oxygen atoms in total. The average Bonchev–Trinajstić information content (AvgIpc) is 2.56. The van der Waals surface area contributed by atoms with Crippen molar-refractivity contribution in [3.05, 3.63) is 57.8 Å². The van der Waals surface area contributed by atoms with Gasteiger partial charge in [0.15, 0.2) is 11.6 Å². The molecule has 0 aliphatic heterocycles. The van der Waals surface area contributed by atoms with Gasteiger partial charge >= 0.3 is 0 Å². The quantitative estimate of drug-likeness (QED) is 0.620. The number of hydrogen-bond donors (Lipinski definition) is 3. The molecule has 24 heavy (non-hydrogen) atoms. The van der Waals surface area contributed by atoms with E-state index in [1.165, 1.54) is 12.1 Å². The van der Waals surface area contributed by atoms with E-state index in [1.54, 1.807) is 6.07 Å². The van der Waals surface area contributed by atoms with Gasteiger partial charge in [0.25, 0.3) is 0 Å². The molecule has 0 heterocycles. The van der Waals surface area contributed by atoms with Crippen LogP contribution in [0.2, 0.25) is 10.0 Å². The number of aromatic hydroxyl groups is 1. The van der Waals surface area contributed by atoms with Crippen LogP contribution in [-0.2, 0) is 6.42 Å². The van der Waals surface area contributed by atoms with Crippen molar-refractivity contribution in [2.45, 2.75) is 12.5 Å². The van der Waals surface area contributed by atoms with Crippen molar-refractivity contribution in [3.8, 4) is 11.5 Å². The summed E-state index contributed by atoms with van der Waals surface area (Å²) in [6, 6.07) is 9.16. The first-order chi connectivity index (χ1) is 11.5. The number of nitrogens with one attached hydrogen (secondary N) is 1. The summed E-state index contributed by atoms with van der Waals surface area (Å²) in [7, 11) is 0. The number of aliphatic hydroxyl groups is 1. The van der Waals surface area contributed by atoms with Crippen molar-refractivity contribution in [3.63, 3.8) is 0 Å². The Morgan fingerprint density at radius 2 is 1.92 bits per heavy atom. The van der Waals surface area contributed by atoms with Gasteiger partial charge in [-0.05, 0) is 42.8 Å². The molecule has 130 valence electrons. The molecule has 2 aromatic carbocycles. The normalized spacial score (nSPS) is 12.2. The first-order valence-corrected chi connectivity index (χ1v) is 8.15. The molecule has 2 aromatic rings. The number of phenols is 1. The first-order valence-electron chi connectivity index (χ1n) is 7.39. The van der Waals surface area contributed by atoms with Crippen molar-refractivity contribution in [2.75, 3.05) is 19.7 Å². The van der Waals surface area contributed by atoms with E-state index < -0.39 is 17.7 Å². The minimum absolute atomic E-state index is 0.0178. The fourth-order valence-electron chi connectivity index (χ4n) is 2.03. The highest BCUT2D eigenvalue weighted by atomic mass is 35.5. The van der Waals surface area contributed by atoms with Gasteiger partial charge < -0.3 is 20.3 Å². The summed E-state index contributed by atoms with van der Waals surface area (Å²) in [5, 5.41) is 23.1. The molecule has 3 N–H and O–H groups in total. The maximum atomic E-state index is 13.1. The Balaban J connectivity index is 1.66. The molecule has 1 atom stereocenters. The topological polar surface area (TPSA) is 61.7 Å². The largest absolute Gasteiger partial charge is 0.505 e. The van der Waals surface area contributed by atoms with Crippen molar-refractivity contribution in [2.24, 2.45) is 0 Å². The van der Waals surface area contributed by atoms with Crippen LogP contribution in [0, 0.1) is 5.82 Å². The highest BCUT2D eigenvalue weighted by Gasteiger charge is 2.07. The molecule has 0 radical (unpaired) electrons. The number of hydrogen-bond acceptors (Lipinski definition) is 4. The molecule has 0 aliphatic carbocycles. The molecule has 0 fully saturated rings. The zero-order valence-corrected chi connectivity index (χ0v) is 14.3. The van der Waals surface area contributed by atoms with Crippen LogP contribution in [0.1, 0.15) is 5.56 Å². The summed E-state index contributed by atoms with van der Waals surface area (Å²) in [5.74, 6) is -0.950. The van der Waals surface area contributed by atoms with E-state index in [9.17, 15) is 9.50 Å². The summed E-state index contributed by atoms with van der Waals surface area (Å²) < 4.78 is 18.4. The summed E-state index contributed by atoms with van der Waals surface area (Å²) >= 11 is 11.8. The molecule has 0 aliphatic rings. The average molecular weight is 374 g/mol. The number of benzene rings is 2. The Morgan fingerprint density at radius 3 is 2.62 bits per heavy atom. The fraction of sp³-hybridized carbons (Fsp3) is 0.294. The third-order valence-corrected chi connectivity index (χ3v) is 4.05. The Kier molecular flexibility index (Phi) is 7.12. The summed E-state index contributed by atoms with van der Waals surface area (Å²) in [5.41, 5.74) is 1.04. The van der Waals surface area contributed by atoms with Gasteiger partial charge in [0.2, 0.25) is 0 Å². The van der Waals surface area contributed by atoms with Gasteiger partial charge in [-0.2, -0.15) is 0 Å². The standard InChI is InChI=1S/C17H18Cl2FNO3/c18-14-3-1-11(7-15(14)19)5-6-21-9-12(22)10-24-13-2-4-17(23)16(20)8-13/h1-4,7-8,12,21-23H,5-6,9-10H2/t12-/m1/s1. The maximum absolute atomic E-state index is 13.1. The van der Waals surface area contributed by atoms with Crippen LogP contribution in [0.3, 0.4) is 0 Å². The molecule has 0 unspecified atom stereocenters. The minimum atomic E-state index is -0.762. The molecular weight excluding hydrogens is 356 g/mol. The predicted molar refractivity (Wildman–Crippen MR) is 92.6 cm³/mol. The second-order valence-electron chi connectivity index (χ2n) is 5.28. The number of aliphatic hydroxyl groups excluding tert-OH is 1. The van der Waals surface area contributed by atoms with E-state index in [2.05, 4.69) is 5.32 Å². The van der Waals surface area contributed by atoms with Crippen molar-refractivity contribution in [1.29, 1.82) is 0 Å². The van der Waals surface area contributed by atoms with Crippen LogP contribution in [0.5, 0.6) is 11.5 Å². The van der Waals surface area contributed by atoms with E-state index >= 15 is 0 Å². The number of ether oxygens (including phenoxy) is 1. The number of rotatable bonds is 8. The van der Waals surface area contributed by atoms with E-state index in [4.69, 9.17) is 33.0 Å². The highest BCUT2D eigenvalue weighted by molar-refractivity contribution is 6.42. The molecule has 0 aromatic heterocycles. The molecule has 2 rings (SSSR count). The molecule has 0 amide bonds. The van der Waals surface area contributed by atoms with Gasteiger partial charge in [-0.3, -0.25) is 0 Å². The van der Waals surface area contributed by atoms with Gasteiger partial charge in [-0.1, -0.05) is 29.3 Å². The van der Waals surface area contributed by atoms with Crippen LogP contribution >= 0.6 is 23.2 Å². The van der Waals surface area contributed by atoms with Gasteiger partial charge in [0, 0.05) is 12.6 Å².